The molecule has 2 nitrogen and oxygen atoms in total. The van der Waals surface area contributed by atoms with Gasteiger partial charge in [0.2, 0.25) is 0 Å². The highest BCUT2D eigenvalue weighted by Gasteiger charge is 2.12. The molecule has 0 aliphatic rings. The number of carbonyl (C=O) groups excluding carboxylic acids is 1. The van der Waals surface area contributed by atoms with Gasteiger partial charge in [0.15, 0.2) is 5.13 Å². The van der Waals surface area contributed by atoms with Crippen LogP contribution in [0.4, 0.5) is 4.39 Å². The summed E-state index contributed by atoms with van der Waals surface area (Å²) in [5.74, 6) is -0.489. The molecule has 0 bridgehead atoms. The highest BCUT2D eigenvalue weighted by molar-refractivity contribution is 14.1. The van der Waals surface area contributed by atoms with Crippen molar-refractivity contribution in [1.29, 1.82) is 0 Å². The van der Waals surface area contributed by atoms with Crippen molar-refractivity contribution in [3.8, 4) is 0 Å². The van der Waals surface area contributed by atoms with Crippen molar-refractivity contribution >= 4 is 39.9 Å². The van der Waals surface area contributed by atoms with Gasteiger partial charge in [-0.1, -0.05) is 11.3 Å². The topological polar surface area (TPSA) is 26.3 Å². The zero-order chi connectivity index (χ0) is 8.43. The maximum absolute atomic E-state index is 12.6. The van der Waals surface area contributed by atoms with Crippen LogP contribution in [0, 0.1) is 8.70 Å². The molecule has 0 aliphatic carbocycles. The first-order chi connectivity index (χ1) is 5.15. The largest absolute Gasteiger partial charge is 0.465 e. The number of rotatable bonds is 1. The van der Waals surface area contributed by atoms with E-state index in [4.69, 9.17) is 0 Å². The van der Waals surface area contributed by atoms with Crippen LogP contribution in [-0.4, -0.2) is 13.1 Å². The van der Waals surface area contributed by atoms with Crippen LogP contribution in [0.1, 0.15) is 9.67 Å². The third-order valence-electron chi connectivity index (χ3n) is 1.03. The van der Waals surface area contributed by atoms with Crippen LogP contribution >= 0.6 is 33.9 Å². The number of methoxy groups -OCH3 is 1. The Morgan fingerprint density at radius 1 is 1.82 bits per heavy atom. The van der Waals surface area contributed by atoms with E-state index in [1.54, 1.807) is 0 Å². The van der Waals surface area contributed by atoms with E-state index < -0.39 is 5.97 Å². The first-order valence-electron chi connectivity index (χ1n) is 2.68. The third kappa shape index (κ3) is 1.90. The lowest BCUT2D eigenvalue weighted by Gasteiger charge is -1.90. The Kier molecular flexibility index (Phi) is 2.83. The molecule has 1 aromatic heterocycles. The normalized spacial score (nSPS) is 9.73. The summed E-state index contributed by atoms with van der Waals surface area (Å²) in [6, 6.07) is 1.46. The predicted octanol–water partition coefficient (Wildman–Crippen LogP) is 2.28. The van der Waals surface area contributed by atoms with Gasteiger partial charge in [0.05, 0.1) is 10.7 Å². The molecule has 0 saturated heterocycles. The van der Waals surface area contributed by atoms with E-state index in [2.05, 4.69) is 4.74 Å². The van der Waals surface area contributed by atoms with Crippen LogP contribution in [-0.2, 0) is 4.74 Å². The summed E-state index contributed by atoms with van der Waals surface area (Å²) in [7, 11) is 1.27. The van der Waals surface area contributed by atoms with Crippen LogP contribution in [0.2, 0.25) is 0 Å². The van der Waals surface area contributed by atoms with Crippen molar-refractivity contribution < 1.29 is 13.9 Å². The molecule has 0 amide bonds. The number of ether oxygens (including phenoxy) is 1. The maximum Gasteiger partial charge on any atom is 0.348 e. The van der Waals surface area contributed by atoms with E-state index in [-0.39, 0.29) is 5.13 Å². The lowest BCUT2D eigenvalue weighted by Crippen LogP contribution is -1.96. The number of hydrogen-bond acceptors (Lipinski definition) is 3. The molecule has 0 N–H and O–H groups in total. The molecule has 60 valence electrons. The molecule has 5 heteroatoms. The molecule has 0 spiro atoms. The molecule has 0 radical (unpaired) electrons. The van der Waals surface area contributed by atoms with Crippen LogP contribution in [0.5, 0.6) is 0 Å². The Bertz CT molecular complexity index is 265. The second kappa shape index (κ2) is 3.48. The van der Waals surface area contributed by atoms with E-state index >= 15 is 0 Å². The van der Waals surface area contributed by atoms with Gasteiger partial charge in [0, 0.05) is 0 Å². The average molecular weight is 286 g/mol. The molecule has 0 saturated carbocycles. The molecule has 1 rings (SSSR count). The van der Waals surface area contributed by atoms with Crippen LogP contribution in [0.3, 0.4) is 0 Å². The molecule has 11 heavy (non-hydrogen) atoms. The van der Waals surface area contributed by atoms with Crippen molar-refractivity contribution in [3.05, 3.63) is 19.6 Å². The van der Waals surface area contributed by atoms with Crippen molar-refractivity contribution in [1.82, 2.24) is 0 Å². The van der Waals surface area contributed by atoms with Gasteiger partial charge in [-0.25, -0.2) is 4.79 Å². The van der Waals surface area contributed by atoms with E-state index in [0.29, 0.717) is 8.45 Å². The van der Waals surface area contributed by atoms with Gasteiger partial charge < -0.3 is 4.74 Å². The SMILES string of the molecule is COC(=O)c1cc(I)c(F)s1. The van der Waals surface area contributed by atoms with Gasteiger partial charge in [0.25, 0.3) is 0 Å². The number of halogens is 2. The first-order valence-corrected chi connectivity index (χ1v) is 4.58. The lowest BCUT2D eigenvalue weighted by atomic mass is 10.5. The van der Waals surface area contributed by atoms with Crippen molar-refractivity contribution in [3.63, 3.8) is 0 Å². The second-order valence-electron chi connectivity index (χ2n) is 1.72. The summed E-state index contributed by atoms with van der Waals surface area (Å²) in [6.07, 6.45) is 0. The van der Waals surface area contributed by atoms with E-state index in [9.17, 15) is 9.18 Å². The Morgan fingerprint density at radius 2 is 2.45 bits per heavy atom. The minimum Gasteiger partial charge on any atom is -0.465 e. The summed E-state index contributed by atoms with van der Waals surface area (Å²) < 4.78 is 17.5. The first kappa shape index (κ1) is 8.92. The van der Waals surface area contributed by atoms with Crippen molar-refractivity contribution in [2.24, 2.45) is 0 Å². The number of hydrogen-bond donors (Lipinski definition) is 0. The summed E-state index contributed by atoms with van der Waals surface area (Å²) in [5.41, 5.74) is 0. The minimum atomic E-state index is -0.489. The Labute approximate surface area is 80.5 Å². The number of carbonyl (C=O) groups is 1. The van der Waals surface area contributed by atoms with Gasteiger partial charge in [-0.2, -0.15) is 4.39 Å². The monoisotopic (exact) mass is 286 g/mol. The molecular formula is C6H4FIO2S. The Hall–Kier alpha value is -0.170. The highest BCUT2D eigenvalue weighted by Crippen LogP contribution is 2.22. The standard InChI is InChI=1S/C6H4FIO2S/c1-10-6(9)4-2-3(8)5(7)11-4/h2H,1H3. The molecule has 0 unspecified atom stereocenters. The molecular weight excluding hydrogens is 282 g/mol. The van der Waals surface area contributed by atoms with Gasteiger partial charge in [-0.3, -0.25) is 0 Å². The minimum absolute atomic E-state index is 0.300. The van der Waals surface area contributed by atoms with E-state index in [1.165, 1.54) is 13.2 Å². The summed E-state index contributed by atoms with van der Waals surface area (Å²) in [5, 5.41) is -0.342. The maximum atomic E-state index is 12.6. The fourth-order valence-corrected chi connectivity index (χ4v) is 2.09. The van der Waals surface area contributed by atoms with E-state index in [0.717, 1.165) is 11.3 Å². The fraction of sp³-hybridized carbons (Fsp3) is 0.167. The van der Waals surface area contributed by atoms with Gasteiger partial charge in [-0.05, 0) is 28.7 Å². The van der Waals surface area contributed by atoms with Gasteiger partial charge >= 0.3 is 5.97 Å². The Morgan fingerprint density at radius 3 is 2.82 bits per heavy atom. The van der Waals surface area contributed by atoms with Crippen LogP contribution in [0.25, 0.3) is 0 Å². The zero-order valence-corrected chi connectivity index (χ0v) is 8.53. The third-order valence-corrected chi connectivity index (χ3v) is 3.09. The smallest absolute Gasteiger partial charge is 0.348 e. The second-order valence-corrected chi connectivity index (χ2v) is 3.89. The molecule has 0 atom stereocenters. The molecule has 1 heterocycles. The molecule has 1 aromatic rings. The fourth-order valence-electron chi connectivity index (χ4n) is 0.548. The van der Waals surface area contributed by atoms with Gasteiger partial charge in [-0.15, -0.1) is 0 Å². The predicted molar refractivity (Wildman–Crippen MR) is 48.3 cm³/mol. The summed E-state index contributed by atoms with van der Waals surface area (Å²) in [4.78, 5) is 11.1. The van der Waals surface area contributed by atoms with E-state index in [1.807, 2.05) is 22.6 Å². The van der Waals surface area contributed by atoms with Gasteiger partial charge in [0.1, 0.15) is 4.88 Å². The molecule has 0 aromatic carbocycles. The van der Waals surface area contributed by atoms with Crippen LogP contribution in [0.15, 0.2) is 6.07 Å². The number of thiophene rings is 1. The Balaban J connectivity index is 2.97. The molecule has 0 aliphatic heterocycles. The lowest BCUT2D eigenvalue weighted by molar-refractivity contribution is 0.0606. The average Bonchev–Trinajstić information content (AvgIpc) is 2.31. The zero-order valence-electron chi connectivity index (χ0n) is 5.56. The van der Waals surface area contributed by atoms with Crippen molar-refractivity contribution in [2.75, 3.05) is 7.11 Å². The molecule has 0 fully saturated rings. The highest BCUT2D eigenvalue weighted by atomic mass is 127. The van der Waals surface area contributed by atoms with Crippen molar-refractivity contribution in [2.45, 2.75) is 0 Å². The quantitative estimate of drug-likeness (QED) is 0.585. The summed E-state index contributed by atoms with van der Waals surface area (Å²) >= 11 is 2.62. The summed E-state index contributed by atoms with van der Waals surface area (Å²) in [6.45, 7) is 0. The number of esters is 1. The van der Waals surface area contributed by atoms with Crippen LogP contribution < -0.4 is 0 Å².